The van der Waals surface area contributed by atoms with Crippen molar-refractivity contribution in [1.82, 2.24) is 19.9 Å². The molecule has 1 rings (SSSR count). The van der Waals surface area contributed by atoms with Crippen LogP contribution in [0.4, 0.5) is 0 Å². The summed E-state index contributed by atoms with van der Waals surface area (Å²) in [5, 5.41) is 18.5. The van der Waals surface area contributed by atoms with Gasteiger partial charge in [0.25, 0.3) is 0 Å². The molecule has 0 bridgehead atoms. The molecule has 17 heavy (non-hydrogen) atoms. The Balaban J connectivity index is 3.21. The van der Waals surface area contributed by atoms with E-state index in [-0.39, 0.29) is 5.54 Å². The number of aryl methyl sites for hydroxylation is 1. The highest BCUT2D eigenvalue weighted by Gasteiger charge is 2.40. The average molecular weight is 305 g/mol. The van der Waals surface area contributed by atoms with Crippen molar-refractivity contribution in [2.24, 2.45) is 7.05 Å². The number of aromatic nitrogens is 3. The molecule has 0 fully saturated rings. The number of likely N-dealkylation sites (N-methyl/N-ethyl adjacent to an activating group) is 1. The Morgan fingerprint density at radius 2 is 1.94 bits per heavy atom. The van der Waals surface area contributed by atoms with Crippen LogP contribution in [-0.2, 0) is 7.05 Å². The molecule has 6 heteroatoms. The van der Waals surface area contributed by atoms with Crippen LogP contribution >= 0.6 is 15.9 Å². The van der Waals surface area contributed by atoms with Crippen molar-refractivity contribution in [1.29, 1.82) is 0 Å². The highest BCUT2D eigenvalue weighted by Crippen LogP contribution is 2.37. The van der Waals surface area contributed by atoms with E-state index < -0.39 is 6.10 Å². The van der Waals surface area contributed by atoms with Crippen molar-refractivity contribution in [3.05, 3.63) is 10.3 Å². The summed E-state index contributed by atoms with van der Waals surface area (Å²) >= 11 is 3.34. The van der Waals surface area contributed by atoms with E-state index in [1.54, 1.807) is 11.7 Å². The summed E-state index contributed by atoms with van der Waals surface area (Å²) in [5.41, 5.74) is 0.431. The number of rotatable bonds is 5. The van der Waals surface area contributed by atoms with Crippen LogP contribution in [0, 0.1) is 0 Å². The first kappa shape index (κ1) is 14.6. The zero-order chi connectivity index (χ0) is 13.2. The summed E-state index contributed by atoms with van der Waals surface area (Å²) < 4.78 is 2.24. The largest absolute Gasteiger partial charge is 0.385 e. The number of aliphatic hydroxyl groups excluding tert-OH is 1. The van der Waals surface area contributed by atoms with Crippen LogP contribution in [-0.4, -0.2) is 44.6 Å². The first-order chi connectivity index (χ1) is 7.90. The molecular weight excluding hydrogens is 284 g/mol. The summed E-state index contributed by atoms with van der Waals surface area (Å²) in [6.45, 7) is 4.18. The first-order valence-electron chi connectivity index (χ1n) is 5.81. The van der Waals surface area contributed by atoms with Gasteiger partial charge in [-0.2, -0.15) is 0 Å². The molecule has 0 aliphatic carbocycles. The molecule has 1 unspecified atom stereocenters. The van der Waals surface area contributed by atoms with Gasteiger partial charge in [0.05, 0.1) is 5.54 Å². The predicted octanol–water partition coefficient (Wildman–Crippen LogP) is 1.73. The van der Waals surface area contributed by atoms with Crippen LogP contribution in [0.2, 0.25) is 0 Å². The summed E-state index contributed by atoms with van der Waals surface area (Å²) in [5.74, 6) is 0. The highest BCUT2D eigenvalue weighted by molar-refractivity contribution is 9.10. The molecule has 5 nitrogen and oxygen atoms in total. The Hall–Kier alpha value is -0.460. The monoisotopic (exact) mass is 304 g/mol. The molecule has 1 N–H and O–H groups in total. The molecule has 0 aliphatic heterocycles. The smallest absolute Gasteiger partial charge is 0.154 e. The van der Waals surface area contributed by atoms with E-state index in [9.17, 15) is 5.11 Å². The Bertz CT molecular complexity index is 354. The minimum Gasteiger partial charge on any atom is -0.385 e. The van der Waals surface area contributed by atoms with Crippen LogP contribution in [0.15, 0.2) is 4.60 Å². The molecule has 0 aromatic carbocycles. The lowest BCUT2D eigenvalue weighted by atomic mass is 9.83. The minimum absolute atomic E-state index is 0.294. The number of hydrogen-bond acceptors (Lipinski definition) is 4. The van der Waals surface area contributed by atoms with Crippen molar-refractivity contribution in [2.45, 2.75) is 38.3 Å². The van der Waals surface area contributed by atoms with E-state index in [1.807, 2.05) is 14.1 Å². The third-order valence-electron chi connectivity index (χ3n) is 3.71. The maximum atomic E-state index is 10.7. The molecule has 1 aromatic heterocycles. The van der Waals surface area contributed by atoms with Gasteiger partial charge in [0.1, 0.15) is 11.8 Å². The predicted molar refractivity (Wildman–Crippen MR) is 70.7 cm³/mol. The molecular formula is C11H21BrN4O. The van der Waals surface area contributed by atoms with Crippen molar-refractivity contribution in [3.8, 4) is 0 Å². The van der Waals surface area contributed by atoms with Gasteiger partial charge in [-0.25, -0.2) is 4.68 Å². The van der Waals surface area contributed by atoms with Crippen LogP contribution in [0.1, 0.15) is 38.5 Å². The summed E-state index contributed by atoms with van der Waals surface area (Å²) in [6, 6.07) is 0. The van der Waals surface area contributed by atoms with E-state index in [4.69, 9.17) is 0 Å². The van der Waals surface area contributed by atoms with Gasteiger partial charge < -0.3 is 10.0 Å². The second-order valence-electron chi connectivity index (χ2n) is 4.50. The Morgan fingerprint density at radius 1 is 1.41 bits per heavy atom. The van der Waals surface area contributed by atoms with Crippen LogP contribution in [0.25, 0.3) is 0 Å². The van der Waals surface area contributed by atoms with Crippen LogP contribution in [0.3, 0.4) is 0 Å². The molecule has 0 saturated heterocycles. The zero-order valence-corrected chi connectivity index (χ0v) is 12.7. The first-order valence-corrected chi connectivity index (χ1v) is 6.60. The number of halogens is 1. The number of hydrogen-bond donors (Lipinski definition) is 1. The quantitative estimate of drug-likeness (QED) is 0.900. The van der Waals surface area contributed by atoms with Crippen LogP contribution < -0.4 is 0 Å². The molecule has 98 valence electrons. The lowest BCUT2D eigenvalue weighted by Crippen LogP contribution is -2.49. The Labute approximate surface area is 111 Å². The maximum absolute atomic E-state index is 10.7. The van der Waals surface area contributed by atoms with Gasteiger partial charge in [-0.1, -0.05) is 19.1 Å². The van der Waals surface area contributed by atoms with E-state index >= 15 is 0 Å². The topological polar surface area (TPSA) is 54.2 Å². The van der Waals surface area contributed by atoms with Gasteiger partial charge in [-0.3, -0.25) is 0 Å². The third-order valence-corrected chi connectivity index (χ3v) is 4.27. The Kier molecular flexibility index (Phi) is 4.69. The standard InChI is InChI=1S/C11H21BrN4O/c1-6-11(7-2,15(3)4)9(17)8-10(12)13-14-16(8)5/h9,17H,6-7H2,1-5H3. The van der Waals surface area contributed by atoms with Crippen molar-refractivity contribution in [2.75, 3.05) is 14.1 Å². The van der Waals surface area contributed by atoms with Crippen LogP contribution in [0.5, 0.6) is 0 Å². The Morgan fingerprint density at radius 3 is 2.24 bits per heavy atom. The fraction of sp³-hybridized carbons (Fsp3) is 0.818. The molecule has 1 atom stereocenters. The SMILES string of the molecule is CCC(CC)(C(O)c1c(Br)nnn1C)N(C)C. The van der Waals surface area contributed by atoms with Crippen molar-refractivity contribution in [3.63, 3.8) is 0 Å². The maximum Gasteiger partial charge on any atom is 0.154 e. The van der Waals surface area contributed by atoms with E-state index in [2.05, 4.69) is 45.0 Å². The van der Waals surface area contributed by atoms with E-state index in [0.717, 1.165) is 18.5 Å². The number of nitrogens with zero attached hydrogens (tertiary/aromatic N) is 4. The van der Waals surface area contributed by atoms with Crippen molar-refractivity contribution < 1.29 is 5.11 Å². The van der Waals surface area contributed by atoms with Gasteiger partial charge >= 0.3 is 0 Å². The molecule has 1 aromatic rings. The molecule has 0 radical (unpaired) electrons. The highest BCUT2D eigenvalue weighted by atomic mass is 79.9. The fourth-order valence-corrected chi connectivity index (χ4v) is 2.94. The lowest BCUT2D eigenvalue weighted by Gasteiger charge is -2.42. The van der Waals surface area contributed by atoms with Gasteiger partial charge in [0, 0.05) is 7.05 Å². The summed E-state index contributed by atoms with van der Waals surface area (Å²) in [4.78, 5) is 2.08. The van der Waals surface area contributed by atoms with Gasteiger partial charge in [0.15, 0.2) is 4.60 Å². The fourth-order valence-electron chi connectivity index (χ4n) is 2.40. The third kappa shape index (κ3) is 2.39. The van der Waals surface area contributed by atoms with E-state index in [0.29, 0.717) is 4.60 Å². The summed E-state index contributed by atoms with van der Waals surface area (Å²) in [7, 11) is 5.78. The number of aliphatic hydroxyl groups is 1. The second kappa shape index (κ2) is 5.46. The second-order valence-corrected chi connectivity index (χ2v) is 5.25. The van der Waals surface area contributed by atoms with Crippen molar-refractivity contribution >= 4 is 15.9 Å². The summed E-state index contributed by atoms with van der Waals surface area (Å²) in [6.07, 6.45) is 1.09. The van der Waals surface area contributed by atoms with Gasteiger partial charge in [-0.05, 0) is 42.9 Å². The molecule has 0 aliphatic rings. The average Bonchev–Trinajstić information content (AvgIpc) is 2.60. The molecule has 0 spiro atoms. The lowest BCUT2D eigenvalue weighted by molar-refractivity contribution is -0.0198. The zero-order valence-electron chi connectivity index (χ0n) is 11.1. The normalized spacial score (nSPS) is 14.4. The van der Waals surface area contributed by atoms with E-state index in [1.165, 1.54) is 0 Å². The minimum atomic E-state index is -0.623. The molecule has 1 heterocycles. The molecule has 0 saturated carbocycles. The van der Waals surface area contributed by atoms with Gasteiger partial charge in [0.2, 0.25) is 0 Å². The molecule has 0 amide bonds. The van der Waals surface area contributed by atoms with Gasteiger partial charge in [-0.15, -0.1) is 5.10 Å².